The standard InChI is InChI=1S/C6H12.C4H11NO2S/c1-2-4-6-5-3-1;1-2-3-4-8(5,6)7/h1-6H2;2-4H2,1H3,(H2,5,6,7). The van der Waals surface area contributed by atoms with Gasteiger partial charge in [-0.1, -0.05) is 51.9 Å². The molecule has 1 aliphatic rings. The number of nitrogens with two attached hydrogens (primary N) is 1. The molecule has 0 atom stereocenters. The molecule has 0 aromatic carbocycles. The van der Waals surface area contributed by atoms with Gasteiger partial charge >= 0.3 is 0 Å². The van der Waals surface area contributed by atoms with Gasteiger partial charge in [0.1, 0.15) is 0 Å². The molecule has 0 aromatic rings. The van der Waals surface area contributed by atoms with E-state index in [0.717, 1.165) is 6.42 Å². The number of rotatable bonds is 3. The molecule has 1 rings (SSSR count). The molecule has 0 unspecified atom stereocenters. The average molecular weight is 221 g/mol. The van der Waals surface area contributed by atoms with Gasteiger partial charge in [0.05, 0.1) is 5.75 Å². The molecule has 2 N–H and O–H groups in total. The van der Waals surface area contributed by atoms with Gasteiger partial charge in [-0.15, -0.1) is 0 Å². The van der Waals surface area contributed by atoms with Gasteiger partial charge in [0.15, 0.2) is 0 Å². The zero-order chi connectivity index (χ0) is 10.9. The highest BCUT2D eigenvalue weighted by Gasteiger charge is 1.98. The number of hydrogen-bond donors (Lipinski definition) is 1. The monoisotopic (exact) mass is 221 g/mol. The fourth-order valence-electron chi connectivity index (χ4n) is 1.41. The van der Waals surface area contributed by atoms with Crippen molar-refractivity contribution in [3.05, 3.63) is 0 Å². The number of unbranched alkanes of at least 4 members (excludes halogenated alkanes) is 1. The lowest BCUT2D eigenvalue weighted by Gasteiger charge is -2.05. The van der Waals surface area contributed by atoms with Crippen molar-refractivity contribution >= 4 is 10.0 Å². The molecule has 0 bridgehead atoms. The molecule has 1 saturated carbocycles. The van der Waals surface area contributed by atoms with Crippen molar-refractivity contribution in [3.63, 3.8) is 0 Å². The quantitative estimate of drug-likeness (QED) is 0.795. The summed E-state index contributed by atoms with van der Waals surface area (Å²) < 4.78 is 20.3. The molecule has 0 spiro atoms. The van der Waals surface area contributed by atoms with Gasteiger partial charge in [0.25, 0.3) is 0 Å². The maximum atomic E-state index is 10.2. The van der Waals surface area contributed by atoms with E-state index < -0.39 is 10.0 Å². The van der Waals surface area contributed by atoms with Crippen LogP contribution in [0.4, 0.5) is 0 Å². The van der Waals surface area contributed by atoms with Crippen LogP contribution < -0.4 is 5.14 Å². The summed E-state index contributed by atoms with van der Waals surface area (Å²) in [6, 6.07) is 0. The van der Waals surface area contributed by atoms with E-state index in [-0.39, 0.29) is 5.75 Å². The second kappa shape index (κ2) is 8.24. The van der Waals surface area contributed by atoms with E-state index in [2.05, 4.69) is 0 Å². The summed E-state index contributed by atoms with van der Waals surface area (Å²) in [4.78, 5) is 0. The zero-order valence-corrected chi connectivity index (χ0v) is 9.98. The highest BCUT2D eigenvalue weighted by molar-refractivity contribution is 7.89. The lowest BCUT2D eigenvalue weighted by Crippen LogP contribution is -2.15. The van der Waals surface area contributed by atoms with E-state index >= 15 is 0 Å². The molecule has 0 aromatic heterocycles. The Hall–Kier alpha value is -0.0900. The maximum absolute atomic E-state index is 10.2. The van der Waals surface area contributed by atoms with E-state index in [0.29, 0.717) is 6.42 Å². The van der Waals surface area contributed by atoms with Crippen molar-refractivity contribution in [2.24, 2.45) is 5.14 Å². The van der Waals surface area contributed by atoms with Crippen LogP contribution in [-0.4, -0.2) is 14.2 Å². The Labute approximate surface area is 88.1 Å². The van der Waals surface area contributed by atoms with Crippen LogP contribution in [0.1, 0.15) is 58.3 Å². The lowest BCUT2D eigenvalue weighted by atomic mass is 10.0. The Morgan fingerprint density at radius 1 is 1.00 bits per heavy atom. The largest absolute Gasteiger partial charge is 0.229 e. The summed E-state index contributed by atoms with van der Waals surface area (Å²) in [6.07, 6.45) is 10.5. The van der Waals surface area contributed by atoms with Gasteiger partial charge in [0.2, 0.25) is 10.0 Å². The molecule has 14 heavy (non-hydrogen) atoms. The Balaban J connectivity index is 0.000000249. The van der Waals surface area contributed by atoms with Crippen molar-refractivity contribution in [2.75, 3.05) is 5.75 Å². The Morgan fingerprint density at radius 3 is 1.50 bits per heavy atom. The predicted molar refractivity (Wildman–Crippen MR) is 60.6 cm³/mol. The SMILES string of the molecule is C1CCCCC1.CCCCS(N)(=O)=O. The van der Waals surface area contributed by atoms with Crippen LogP contribution >= 0.6 is 0 Å². The first kappa shape index (κ1) is 13.9. The van der Waals surface area contributed by atoms with Crippen LogP contribution in [0, 0.1) is 0 Å². The first-order valence-electron chi connectivity index (χ1n) is 5.56. The van der Waals surface area contributed by atoms with Crippen molar-refractivity contribution in [1.82, 2.24) is 0 Å². The van der Waals surface area contributed by atoms with Crippen LogP contribution in [0.3, 0.4) is 0 Å². The van der Waals surface area contributed by atoms with Gasteiger partial charge in [-0.3, -0.25) is 0 Å². The molecule has 4 heteroatoms. The highest BCUT2D eigenvalue weighted by Crippen LogP contribution is 2.15. The van der Waals surface area contributed by atoms with Crippen molar-refractivity contribution in [1.29, 1.82) is 0 Å². The van der Waals surface area contributed by atoms with E-state index in [4.69, 9.17) is 5.14 Å². The minimum atomic E-state index is -3.19. The molecule has 0 saturated heterocycles. The zero-order valence-electron chi connectivity index (χ0n) is 9.17. The van der Waals surface area contributed by atoms with E-state index in [1.807, 2.05) is 6.92 Å². The molecule has 1 aliphatic carbocycles. The van der Waals surface area contributed by atoms with Crippen LogP contribution in [0.25, 0.3) is 0 Å². The molecule has 3 nitrogen and oxygen atoms in total. The van der Waals surface area contributed by atoms with E-state index in [1.165, 1.54) is 38.5 Å². The smallest absolute Gasteiger partial charge is 0.209 e. The second-order valence-corrected chi connectivity index (χ2v) is 5.58. The fraction of sp³-hybridized carbons (Fsp3) is 1.00. The van der Waals surface area contributed by atoms with Gasteiger partial charge in [-0.05, 0) is 6.42 Å². The molecular formula is C10H23NO2S. The number of hydrogen-bond acceptors (Lipinski definition) is 2. The van der Waals surface area contributed by atoms with Crippen molar-refractivity contribution in [2.45, 2.75) is 58.3 Å². The van der Waals surface area contributed by atoms with Gasteiger partial charge < -0.3 is 0 Å². The molecular weight excluding hydrogens is 198 g/mol. The molecule has 0 aliphatic heterocycles. The topological polar surface area (TPSA) is 60.2 Å². The first-order valence-corrected chi connectivity index (χ1v) is 7.28. The maximum Gasteiger partial charge on any atom is 0.209 e. The summed E-state index contributed by atoms with van der Waals surface area (Å²) in [7, 11) is -3.19. The minimum absolute atomic E-state index is 0.115. The van der Waals surface area contributed by atoms with E-state index in [9.17, 15) is 8.42 Å². The lowest BCUT2D eigenvalue weighted by molar-refractivity contribution is 0.504. The summed E-state index contributed by atoms with van der Waals surface area (Å²) in [5, 5.41) is 4.69. The van der Waals surface area contributed by atoms with Gasteiger partial charge in [0, 0.05) is 0 Å². The van der Waals surface area contributed by atoms with Crippen LogP contribution in [0.2, 0.25) is 0 Å². The highest BCUT2D eigenvalue weighted by atomic mass is 32.2. The third-order valence-electron chi connectivity index (χ3n) is 2.28. The summed E-state index contributed by atoms with van der Waals surface area (Å²) >= 11 is 0. The summed E-state index contributed by atoms with van der Waals surface area (Å²) in [5.41, 5.74) is 0. The summed E-state index contributed by atoms with van der Waals surface area (Å²) in [6.45, 7) is 1.92. The van der Waals surface area contributed by atoms with Crippen LogP contribution in [0.5, 0.6) is 0 Å². The third-order valence-corrected chi connectivity index (χ3v) is 3.14. The molecule has 86 valence electrons. The van der Waals surface area contributed by atoms with E-state index in [1.54, 1.807) is 0 Å². The van der Waals surface area contributed by atoms with Crippen LogP contribution in [-0.2, 0) is 10.0 Å². The predicted octanol–water partition coefficient (Wildman–Crippen LogP) is 2.42. The van der Waals surface area contributed by atoms with Crippen LogP contribution in [0.15, 0.2) is 0 Å². The Bertz CT molecular complexity index is 197. The molecule has 1 fully saturated rings. The van der Waals surface area contributed by atoms with Crippen molar-refractivity contribution in [3.8, 4) is 0 Å². The molecule has 0 radical (unpaired) electrons. The first-order chi connectivity index (χ1) is 6.56. The Morgan fingerprint density at radius 2 is 1.36 bits per heavy atom. The van der Waals surface area contributed by atoms with Gasteiger partial charge in [-0.2, -0.15) is 0 Å². The fourth-order valence-corrected chi connectivity index (χ4v) is 2.10. The minimum Gasteiger partial charge on any atom is -0.229 e. The number of sulfonamides is 1. The average Bonchev–Trinajstić information content (AvgIpc) is 2.17. The molecule has 0 amide bonds. The number of primary sulfonamides is 1. The van der Waals surface area contributed by atoms with Crippen molar-refractivity contribution < 1.29 is 8.42 Å². The van der Waals surface area contributed by atoms with Gasteiger partial charge in [-0.25, -0.2) is 13.6 Å². The molecule has 0 heterocycles. The summed E-state index contributed by atoms with van der Waals surface area (Å²) in [5.74, 6) is 0.115. The third kappa shape index (κ3) is 11.9. The normalized spacial score (nSPS) is 17.0. The Kier molecular flexibility index (Phi) is 8.18. The second-order valence-electron chi connectivity index (χ2n) is 3.84.